The number of nitrogens with zero attached hydrogens (tertiary/aromatic N) is 2. The standard InChI is InChI=1S/C3H2I2N2O/c4-2-1-6-7(8)3(2)5/h1,8H. The van der Waals surface area contributed by atoms with Gasteiger partial charge in [-0.25, -0.2) is 0 Å². The highest BCUT2D eigenvalue weighted by Crippen LogP contribution is 2.11. The number of rotatable bonds is 0. The molecule has 0 atom stereocenters. The van der Waals surface area contributed by atoms with Crippen LogP contribution in [0.15, 0.2) is 6.20 Å². The number of halogens is 2. The molecule has 0 radical (unpaired) electrons. The van der Waals surface area contributed by atoms with Crippen LogP contribution in [0.2, 0.25) is 0 Å². The van der Waals surface area contributed by atoms with E-state index in [1.807, 2.05) is 22.6 Å². The zero-order valence-corrected chi connectivity index (χ0v) is 7.99. The topological polar surface area (TPSA) is 38.0 Å². The lowest BCUT2D eigenvalue weighted by Gasteiger charge is -1.86. The highest BCUT2D eigenvalue weighted by atomic mass is 127. The minimum atomic E-state index is 0.753. The Bertz CT molecular complexity index is 178. The van der Waals surface area contributed by atoms with Gasteiger partial charge in [0, 0.05) is 0 Å². The van der Waals surface area contributed by atoms with Gasteiger partial charge in [0.1, 0.15) is 0 Å². The van der Waals surface area contributed by atoms with Crippen molar-refractivity contribution in [2.24, 2.45) is 0 Å². The maximum atomic E-state index is 8.73. The van der Waals surface area contributed by atoms with Crippen molar-refractivity contribution in [2.75, 3.05) is 0 Å². The van der Waals surface area contributed by atoms with Crippen molar-refractivity contribution in [1.29, 1.82) is 0 Å². The molecule has 0 aliphatic rings. The van der Waals surface area contributed by atoms with Gasteiger partial charge < -0.3 is 5.21 Å². The Labute approximate surface area is 73.3 Å². The molecule has 1 N–H and O–H groups in total. The van der Waals surface area contributed by atoms with Crippen LogP contribution < -0.4 is 0 Å². The molecule has 0 aliphatic carbocycles. The second-order valence-electron chi connectivity index (χ2n) is 1.17. The van der Waals surface area contributed by atoms with Crippen LogP contribution in [0.3, 0.4) is 0 Å². The van der Waals surface area contributed by atoms with E-state index in [4.69, 9.17) is 5.21 Å². The van der Waals surface area contributed by atoms with Crippen molar-refractivity contribution in [1.82, 2.24) is 9.94 Å². The van der Waals surface area contributed by atoms with E-state index in [-0.39, 0.29) is 0 Å². The first-order valence-corrected chi connectivity index (χ1v) is 3.96. The minimum Gasteiger partial charge on any atom is -0.411 e. The Morgan fingerprint density at radius 1 is 1.62 bits per heavy atom. The molecule has 0 unspecified atom stereocenters. The molecule has 8 heavy (non-hydrogen) atoms. The van der Waals surface area contributed by atoms with Gasteiger partial charge in [-0.1, -0.05) is 4.85 Å². The smallest absolute Gasteiger partial charge is 0.153 e. The first-order chi connectivity index (χ1) is 3.72. The third kappa shape index (κ3) is 1.07. The molecule has 1 rings (SSSR count). The van der Waals surface area contributed by atoms with Gasteiger partial charge in [0.15, 0.2) is 3.70 Å². The van der Waals surface area contributed by atoms with Gasteiger partial charge in [0.25, 0.3) is 0 Å². The van der Waals surface area contributed by atoms with Crippen LogP contribution >= 0.6 is 45.2 Å². The fourth-order valence-corrected chi connectivity index (χ4v) is 0.909. The molecule has 0 saturated heterocycles. The molecule has 0 bridgehead atoms. The molecular weight excluding hydrogens is 334 g/mol. The predicted molar refractivity (Wildman–Crippen MR) is 44.8 cm³/mol. The molecule has 3 nitrogen and oxygen atoms in total. The van der Waals surface area contributed by atoms with Crippen LogP contribution in [0.4, 0.5) is 0 Å². The number of hydrogen-bond donors (Lipinski definition) is 1. The second-order valence-corrected chi connectivity index (χ2v) is 3.36. The number of hydrogen-bond acceptors (Lipinski definition) is 2. The van der Waals surface area contributed by atoms with Crippen molar-refractivity contribution < 1.29 is 5.21 Å². The summed E-state index contributed by atoms with van der Waals surface area (Å²) in [5.41, 5.74) is 0. The third-order valence-electron chi connectivity index (χ3n) is 0.653. The molecular formula is C3H2I2N2O. The lowest BCUT2D eigenvalue weighted by Crippen LogP contribution is -1.93. The average molecular weight is 336 g/mol. The van der Waals surface area contributed by atoms with Crippen molar-refractivity contribution in [3.8, 4) is 0 Å². The summed E-state index contributed by atoms with van der Waals surface area (Å²) < 4.78 is 1.72. The van der Waals surface area contributed by atoms with Gasteiger partial charge in [0.2, 0.25) is 0 Å². The summed E-state index contributed by atoms with van der Waals surface area (Å²) in [5.74, 6) is 0. The average Bonchev–Trinajstić information content (AvgIpc) is 1.98. The van der Waals surface area contributed by atoms with E-state index < -0.39 is 0 Å². The Morgan fingerprint density at radius 2 is 2.25 bits per heavy atom. The van der Waals surface area contributed by atoms with E-state index in [1.54, 1.807) is 6.20 Å². The summed E-state index contributed by atoms with van der Waals surface area (Å²) in [5, 5.41) is 12.3. The normalized spacial score (nSPS) is 9.75. The van der Waals surface area contributed by atoms with Gasteiger partial charge >= 0.3 is 0 Å². The fourth-order valence-electron chi connectivity index (χ4n) is 0.305. The van der Waals surface area contributed by atoms with Crippen molar-refractivity contribution >= 4 is 45.2 Å². The monoisotopic (exact) mass is 336 g/mol. The van der Waals surface area contributed by atoms with Gasteiger partial charge in [-0.15, -0.1) is 5.10 Å². The summed E-state index contributed by atoms with van der Waals surface area (Å²) in [6, 6.07) is 0. The molecule has 0 saturated carbocycles. The predicted octanol–water partition coefficient (Wildman–Crippen LogP) is 1.33. The first kappa shape index (κ1) is 6.59. The van der Waals surface area contributed by atoms with Crippen LogP contribution in [0, 0.1) is 7.27 Å². The Morgan fingerprint density at radius 3 is 2.38 bits per heavy atom. The molecule has 0 fully saturated rings. The maximum absolute atomic E-state index is 8.73. The maximum Gasteiger partial charge on any atom is 0.153 e. The lowest BCUT2D eigenvalue weighted by atomic mass is 10.8. The number of aromatic nitrogens is 2. The highest BCUT2D eigenvalue weighted by molar-refractivity contribution is 14.1. The summed E-state index contributed by atoms with van der Waals surface area (Å²) in [7, 11) is 0. The van der Waals surface area contributed by atoms with Crippen molar-refractivity contribution in [3.63, 3.8) is 0 Å². The van der Waals surface area contributed by atoms with Crippen molar-refractivity contribution in [2.45, 2.75) is 0 Å². The van der Waals surface area contributed by atoms with Crippen LogP contribution in [0.1, 0.15) is 0 Å². The van der Waals surface area contributed by atoms with Crippen LogP contribution in [0.5, 0.6) is 0 Å². The molecule has 0 aliphatic heterocycles. The zero-order valence-electron chi connectivity index (χ0n) is 3.67. The molecule has 1 aromatic heterocycles. The molecule has 0 spiro atoms. The molecule has 1 heterocycles. The second kappa shape index (κ2) is 2.38. The van der Waals surface area contributed by atoms with Gasteiger partial charge in [-0.05, 0) is 45.2 Å². The Kier molecular flexibility index (Phi) is 1.96. The summed E-state index contributed by atoms with van der Waals surface area (Å²) >= 11 is 4.10. The molecule has 1 aromatic rings. The first-order valence-electron chi connectivity index (χ1n) is 1.80. The van der Waals surface area contributed by atoms with Crippen LogP contribution in [0.25, 0.3) is 0 Å². The fraction of sp³-hybridized carbons (Fsp3) is 0. The van der Waals surface area contributed by atoms with E-state index in [0.717, 1.165) is 12.1 Å². The Balaban J connectivity index is 3.19. The summed E-state index contributed by atoms with van der Waals surface area (Å²) in [6.07, 6.45) is 1.60. The quantitative estimate of drug-likeness (QED) is 0.574. The molecule has 0 amide bonds. The summed E-state index contributed by atoms with van der Waals surface area (Å²) in [6.45, 7) is 0. The lowest BCUT2D eigenvalue weighted by molar-refractivity contribution is 0.141. The van der Waals surface area contributed by atoms with Gasteiger partial charge in [0.05, 0.1) is 9.77 Å². The molecule has 0 aromatic carbocycles. The van der Waals surface area contributed by atoms with Gasteiger partial charge in [-0.2, -0.15) is 0 Å². The van der Waals surface area contributed by atoms with E-state index in [1.165, 1.54) is 0 Å². The highest BCUT2D eigenvalue weighted by Gasteiger charge is 2.00. The minimum absolute atomic E-state index is 0.753. The molecule has 44 valence electrons. The Hall–Kier alpha value is 0.470. The molecule has 5 heteroatoms. The van der Waals surface area contributed by atoms with Crippen LogP contribution in [-0.2, 0) is 0 Å². The van der Waals surface area contributed by atoms with Gasteiger partial charge in [-0.3, -0.25) is 0 Å². The third-order valence-corrected chi connectivity index (χ3v) is 3.49. The van der Waals surface area contributed by atoms with E-state index in [2.05, 4.69) is 27.7 Å². The largest absolute Gasteiger partial charge is 0.411 e. The SMILES string of the molecule is On1ncc(I)c1I. The van der Waals surface area contributed by atoms with E-state index in [9.17, 15) is 0 Å². The van der Waals surface area contributed by atoms with E-state index >= 15 is 0 Å². The van der Waals surface area contributed by atoms with Crippen LogP contribution in [-0.4, -0.2) is 15.2 Å². The van der Waals surface area contributed by atoms with E-state index in [0.29, 0.717) is 0 Å². The van der Waals surface area contributed by atoms with Crippen molar-refractivity contribution in [3.05, 3.63) is 13.5 Å². The zero-order chi connectivity index (χ0) is 6.15. The summed E-state index contributed by atoms with van der Waals surface area (Å²) in [4.78, 5) is 0.850.